The number of anilines is 1. The highest BCUT2D eigenvalue weighted by Crippen LogP contribution is 2.28. The van der Waals surface area contributed by atoms with Crippen LogP contribution in [0.2, 0.25) is 0 Å². The van der Waals surface area contributed by atoms with E-state index in [2.05, 4.69) is 34.7 Å². The van der Waals surface area contributed by atoms with Crippen LogP contribution in [0.15, 0.2) is 22.7 Å². The molecule has 1 aromatic carbocycles. The van der Waals surface area contributed by atoms with Gasteiger partial charge in [0.1, 0.15) is 0 Å². The molecule has 4 nitrogen and oxygen atoms in total. The predicted molar refractivity (Wildman–Crippen MR) is 77.9 cm³/mol. The van der Waals surface area contributed by atoms with Gasteiger partial charge in [0, 0.05) is 16.7 Å². The molecule has 2 rings (SSSR count). The van der Waals surface area contributed by atoms with Gasteiger partial charge in [-0.1, -0.05) is 6.92 Å². The normalized spacial score (nSPS) is 23.4. The topological polar surface area (TPSA) is 49.8 Å². The predicted octanol–water partition coefficient (Wildman–Crippen LogP) is 3.15. The van der Waals surface area contributed by atoms with E-state index < -0.39 is 5.97 Å². The fourth-order valence-electron chi connectivity index (χ4n) is 2.35. The summed E-state index contributed by atoms with van der Waals surface area (Å²) in [5, 5.41) is 9.04. The van der Waals surface area contributed by atoms with Crippen LogP contribution in [0.25, 0.3) is 0 Å². The monoisotopic (exact) mass is 327 g/mol. The van der Waals surface area contributed by atoms with Gasteiger partial charge in [0.05, 0.1) is 24.3 Å². The van der Waals surface area contributed by atoms with Crippen LogP contribution in [-0.4, -0.2) is 36.4 Å². The van der Waals surface area contributed by atoms with Gasteiger partial charge in [0.15, 0.2) is 0 Å². The molecule has 5 heteroatoms. The summed E-state index contributed by atoms with van der Waals surface area (Å²) in [6, 6.07) is 5.74. The zero-order valence-electron chi connectivity index (χ0n) is 11.1. The van der Waals surface area contributed by atoms with Crippen molar-refractivity contribution in [2.45, 2.75) is 32.4 Å². The molecule has 1 aliphatic heterocycles. The third kappa shape index (κ3) is 3.09. The zero-order chi connectivity index (χ0) is 14.0. The summed E-state index contributed by atoms with van der Waals surface area (Å²) in [4.78, 5) is 13.3. The Kier molecular flexibility index (Phi) is 4.47. The molecule has 2 atom stereocenters. The van der Waals surface area contributed by atoms with Gasteiger partial charge in [-0.25, -0.2) is 4.79 Å². The standard InChI is InChI=1S/C14H18BrNO3/c1-3-10-8-19-9(2)7-16(10)11-4-5-12(14(17)18)13(15)6-11/h4-6,9-10H,3,7-8H2,1-2H3,(H,17,18). The van der Waals surface area contributed by atoms with E-state index >= 15 is 0 Å². The second kappa shape index (κ2) is 5.92. The van der Waals surface area contributed by atoms with Gasteiger partial charge < -0.3 is 14.7 Å². The molecular formula is C14H18BrNO3. The van der Waals surface area contributed by atoms with E-state index in [-0.39, 0.29) is 11.7 Å². The van der Waals surface area contributed by atoms with Crippen LogP contribution in [0.5, 0.6) is 0 Å². The minimum absolute atomic E-state index is 0.195. The summed E-state index contributed by atoms with van der Waals surface area (Å²) in [6.45, 7) is 5.74. The first-order chi connectivity index (χ1) is 9.02. The van der Waals surface area contributed by atoms with E-state index in [1.807, 2.05) is 12.1 Å². The van der Waals surface area contributed by atoms with Gasteiger partial charge in [-0.15, -0.1) is 0 Å². The molecule has 0 aromatic heterocycles. The van der Waals surface area contributed by atoms with Crippen LogP contribution < -0.4 is 4.90 Å². The van der Waals surface area contributed by atoms with Crippen LogP contribution in [0.4, 0.5) is 5.69 Å². The number of aromatic carboxylic acids is 1. The van der Waals surface area contributed by atoms with Gasteiger partial charge in [-0.2, -0.15) is 0 Å². The van der Waals surface area contributed by atoms with Crippen molar-refractivity contribution in [2.24, 2.45) is 0 Å². The van der Waals surface area contributed by atoms with Gasteiger partial charge >= 0.3 is 5.97 Å². The third-order valence-corrected chi connectivity index (χ3v) is 4.11. The summed E-state index contributed by atoms with van der Waals surface area (Å²) in [5.74, 6) is -0.916. The number of rotatable bonds is 3. The third-order valence-electron chi connectivity index (χ3n) is 3.45. The highest BCUT2D eigenvalue weighted by molar-refractivity contribution is 9.10. The fourth-order valence-corrected chi connectivity index (χ4v) is 2.89. The van der Waals surface area contributed by atoms with Crippen molar-refractivity contribution in [3.63, 3.8) is 0 Å². The first-order valence-electron chi connectivity index (χ1n) is 6.44. The van der Waals surface area contributed by atoms with Crippen LogP contribution in [0, 0.1) is 0 Å². The van der Waals surface area contributed by atoms with Gasteiger partial charge in [-0.05, 0) is 47.5 Å². The lowest BCUT2D eigenvalue weighted by Gasteiger charge is -2.40. The van der Waals surface area contributed by atoms with Crippen molar-refractivity contribution in [2.75, 3.05) is 18.1 Å². The van der Waals surface area contributed by atoms with E-state index in [4.69, 9.17) is 9.84 Å². The molecule has 1 aliphatic rings. The Morgan fingerprint density at radius 3 is 2.89 bits per heavy atom. The Hall–Kier alpha value is -1.07. The molecule has 0 aliphatic carbocycles. The van der Waals surface area contributed by atoms with Crippen molar-refractivity contribution in [3.8, 4) is 0 Å². The Bertz CT molecular complexity index is 478. The van der Waals surface area contributed by atoms with Crippen LogP contribution in [-0.2, 0) is 4.74 Å². The molecule has 1 fully saturated rings. The number of benzene rings is 1. The molecule has 104 valence electrons. The Labute approximate surface area is 121 Å². The van der Waals surface area contributed by atoms with Crippen molar-refractivity contribution in [3.05, 3.63) is 28.2 Å². The van der Waals surface area contributed by atoms with Crippen molar-refractivity contribution < 1.29 is 14.6 Å². The molecule has 1 N–H and O–H groups in total. The van der Waals surface area contributed by atoms with Gasteiger partial charge in [0.25, 0.3) is 0 Å². The first-order valence-corrected chi connectivity index (χ1v) is 7.23. The van der Waals surface area contributed by atoms with Crippen molar-refractivity contribution in [1.82, 2.24) is 0 Å². The minimum Gasteiger partial charge on any atom is -0.478 e. The Morgan fingerprint density at radius 1 is 1.58 bits per heavy atom. The number of hydrogen-bond acceptors (Lipinski definition) is 3. The van der Waals surface area contributed by atoms with Crippen LogP contribution >= 0.6 is 15.9 Å². The maximum atomic E-state index is 11.0. The van der Waals surface area contributed by atoms with Crippen LogP contribution in [0.3, 0.4) is 0 Å². The number of morpholine rings is 1. The number of carbonyl (C=O) groups is 1. The van der Waals surface area contributed by atoms with Crippen molar-refractivity contribution >= 4 is 27.6 Å². The molecule has 19 heavy (non-hydrogen) atoms. The van der Waals surface area contributed by atoms with E-state index in [0.29, 0.717) is 10.5 Å². The summed E-state index contributed by atoms with van der Waals surface area (Å²) >= 11 is 3.33. The number of hydrogen-bond donors (Lipinski definition) is 1. The number of carboxylic acids is 1. The Morgan fingerprint density at radius 2 is 2.32 bits per heavy atom. The molecule has 0 saturated carbocycles. The summed E-state index contributed by atoms with van der Waals surface area (Å²) < 4.78 is 6.29. The quantitative estimate of drug-likeness (QED) is 0.926. The number of ether oxygens (including phenoxy) is 1. The van der Waals surface area contributed by atoms with E-state index in [9.17, 15) is 4.79 Å². The minimum atomic E-state index is -0.916. The molecule has 1 heterocycles. The smallest absolute Gasteiger partial charge is 0.336 e. The van der Waals surface area contributed by atoms with E-state index in [1.54, 1.807) is 6.07 Å². The maximum absolute atomic E-state index is 11.0. The SMILES string of the molecule is CCC1COC(C)CN1c1ccc(C(=O)O)c(Br)c1. The maximum Gasteiger partial charge on any atom is 0.336 e. The molecule has 0 radical (unpaired) electrons. The number of carboxylic acid groups (broad SMARTS) is 1. The lowest BCUT2D eigenvalue weighted by atomic mass is 10.1. The van der Waals surface area contributed by atoms with E-state index in [0.717, 1.165) is 25.3 Å². The lowest BCUT2D eigenvalue weighted by molar-refractivity contribution is 0.0299. The van der Waals surface area contributed by atoms with Crippen LogP contribution in [0.1, 0.15) is 30.6 Å². The first kappa shape index (κ1) is 14.3. The number of halogens is 1. The van der Waals surface area contributed by atoms with E-state index in [1.165, 1.54) is 0 Å². The molecule has 2 unspecified atom stereocenters. The van der Waals surface area contributed by atoms with Crippen molar-refractivity contribution in [1.29, 1.82) is 0 Å². The molecule has 0 spiro atoms. The van der Waals surface area contributed by atoms with Gasteiger partial charge in [0.2, 0.25) is 0 Å². The molecule has 1 aromatic rings. The largest absolute Gasteiger partial charge is 0.478 e. The molecular weight excluding hydrogens is 310 g/mol. The lowest BCUT2D eigenvalue weighted by Crippen LogP contribution is -2.48. The number of nitrogens with zero attached hydrogens (tertiary/aromatic N) is 1. The average molecular weight is 328 g/mol. The highest BCUT2D eigenvalue weighted by Gasteiger charge is 2.26. The summed E-state index contributed by atoms with van der Waals surface area (Å²) in [5.41, 5.74) is 1.33. The summed E-state index contributed by atoms with van der Waals surface area (Å²) in [6.07, 6.45) is 1.20. The second-order valence-electron chi connectivity index (χ2n) is 4.83. The zero-order valence-corrected chi connectivity index (χ0v) is 12.7. The fraction of sp³-hybridized carbons (Fsp3) is 0.500. The second-order valence-corrected chi connectivity index (χ2v) is 5.68. The summed E-state index contributed by atoms with van der Waals surface area (Å²) in [7, 11) is 0. The Balaban J connectivity index is 2.29. The van der Waals surface area contributed by atoms with Gasteiger partial charge in [-0.3, -0.25) is 0 Å². The highest BCUT2D eigenvalue weighted by atomic mass is 79.9. The molecule has 0 bridgehead atoms. The molecule has 1 saturated heterocycles. The molecule has 0 amide bonds. The average Bonchev–Trinajstić information content (AvgIpc) is 2.38.